The minimum Gasteiger partial charge on any atom is -0.478 e. The largest absolute Gasteiger partial charge is 0.478 e. The number of carboxylic acid groups (broad SMARTS) is 1. The van der Waals surface area contributed by atoms with Gasteiger partial charge in [0.15, 0.2) is 0 Å². The first-order chi connectivity index (χ1) is 7.56. The summed E-state index contributed by atoms with van der Waals surface area (Å²) < 4.78 is 0. The van der Waals surface area contributed by atoms with E-state index in [4.69, 9.17) is 5.11 Å². The number of carbonyl (C=O) groups is 2. The quantitative estimate of drug-likeness (QED) is 0.716. The summed E-state index contributed by atoms with van der Waals surface area (Å²) in [5, 5.41) is 11.5. The highest BCUT2D eigenvalue weighted by Gasteiger charge is 2.16. The maximum absolute atomic E-state index is 11.4. The minimum absolute atomic E-state index is 0.129. The molecule has 1 amide bonds. The number of carboxylic acids is 1. The van der Waals surface area contributed by atoms with Gasteiger partial charge in [0.05, 0.1) is 5.69 Å². The molecule has 0 bridgehead atoms. The van der Waals surface area contributed by atoms with E-state index in [0.29, 0.717) is 17.8 Å². The summed E-state index contributed by atoms with van der Waals surface area (Å²) in [5.74, 6) is -1.19. The topological polar surface area (TPSA) is 82.2 Å². The minimum atomic E-state index is -1.04. The lowest BCUT2D eigenvalue weighted by molar-refractivity contribution is -0.116. The number of aromatic carboxylic acids is 1. The molecule has 88 valence electrons. The molecule has 0 radical (unpaired) electrons. The molecule has 0 unspecified atom stereocenters. The fourth-order valence-corrected chi connectivity index (χ4v) is 1.45. The van der Waals surface area contributed by atoms with Gasteiger partial charge in [0.2, 0.25) is 5.91 Å². The molecule has 0 fully saturated rings. The van der Waals surface area contributed by atoms with E-state index in [1.165, 1.54) is 6.20 Å². The Kier molecular flexibility index (Phi) is 4.10. The van der Waals surface area contributed by atoms with E-state index in [-0.39, 0.29) is 11.5 Å². The second kappa shape index (κ2) is 5.34. The normalized spacial score (nSPS) is 10.1. The van der Waals surface area contributed by atoms with Gasteiger partial charge >= 0.3 is 5.97 Å². The molecule has 0 aliphatic carbocycles. The second-order valence-electron chi connectivity index (χ2n) is 3.66. The number of amides is 1. The van der Waals surface area contributed by atoms with Gasteiger partial charge in [-0.1, -0.05) is 13.3 Å². The highest BCUT2D eigenvalue weighted by molar-refractivity contribution is 6.01. The summed E-state index contributed by atoms with van der Waals surface area (Å²) in [6, 6.07) is 0. The van der Waals surface area contributed by atoms with Crippen molar-refractivity contribution in [2.75, 3.05) is 5.32 Å². The fraction of sp³-hybridized carbons (Fsp3) is 0.455. The summed E-state index contributed by atoms with van der Waals surface area (Å²) in [6.07, 6.45) is 3.66. The molecule has 0 spiro atoms. The van der Waals surface area contributed by atoms with Crippen LogP contribution in [0.5, 0.6) is 0 Å². The molecule has 0 aliphatic heterocycles. The van der Waals surface area contributed by atoms with E-state index in [1.54, 1.807) is 6.92 Å². The third kappa shape index (κ3) is 2.85. The summed E-state index contributed by atoms with van der Waals surface area (Å²) in [4.78, 5) is 25.1. The lowest BCUT2D eigenvalue weighted by atomic mass is 10.2. The van der Waals surface area contributed by atoms with Crippen LogP contribution in [-0.4, -0.2) is 22.0 Å². The van der Waals surface area contributed by atoms with Crippen LogP contribution < -0.4 is 5.32 Å². The Hall–Kier alpha value is -1.78. The third-order valence-electron chi connectivity index (χ3n) is 2.32. The van der Waals surface area contributed by atoms with Gasteiger partial charge in [-0.25, -0.2) is 4.79 Å². The van der Waals surface area contributed by atoms with Crippen molar-refractivity contribution in [2.45, 2.75) is 33.1 Å². The van der Waals surface area contributed by atoms with E-state index in [0.717, 1.165) is 12.8 Å². The number of anilines is 1. The van der Waals surface area contributed by atoms with Crippen molar-refractivity contribution in [3.8, 4) is 0 Å². The lowest BCUT2D eigenvalue weighted by Gasteiger charge is -2.03. The van der Waals surface area contributed by atoms with Gasteiger partial charge in [-0.15, -0.1) is 0 Å². The molecule has 5 heteroatoms. The molecule has 1 heterocycles. The van der Waals surface area contributed by atoms with Crippen LogP contribution in [-0.2, 0) is 4.79 Å². The number of rotatable bonds is 5. The monoisotopic (exact) mass is 224 g/mol. The van der Waals surface area contributed by atoms with Crippen LogP contribution in [0.4, 0.5) is 5.69 Å². The predicted molar refractivity (Wildman–Crippen MR) is 60.6 cm³/mol. The van der Waals surface area contributed by atoms with E-state index in [9.17, 15) is 9.59 Å². The van der Waals surface area contributed by atoms with Crippen LogP contribution >= 0.6 is 0 Å². The first-order valence-electron chi connectivity index (χ1n) is 5.27. The standard InChI is InChI=1S/C11H16N2O3/c1-3-4-5-9(14)13-8-6-12-7(2)10(8)11(15)16/h6,12H,3-5H2,1-2H3,(H,13,14)(H,15,16). The van der Waals surface area contributed by atoms with Crippen molar-refractivity contribution >= 4 is 17.6 Å². The Labute approximate surface area is 93.9 Å². The number of H-pyrrole nitrogens is 1. The van der Waals surface area contributed by atoms with Gasteiger partial charge in [0, 0.05) is 18.3 Å². The predicted octanol–water partition coefficient (Wildman–Crippen LogP) is 2.15. The zero-order valence-electron chi connectivity index (χ0n) is 9.46. The van der Waals surface area contributed by atoms with E-state index in [2.05, 4.69) is 10.3 Å². The van der Waals surface area contributed by atoms with Crippen LogP contribution in [0.3, 0.4) is 0 Å². The number of hydrogen-bond donors (Lipinski definition) is 3. The molecule has 0 atom stereocenters. The Balaban J connectivity index is 2.74. The van der Waals surface area contributed by atoms with Gasteiger partial charge in [0.1, 0.15) is 5.56 Å². The van der Waals surface area contributed by atoms with Crippen LogP contribution in [0.25, 0.3) is 0 Å². The number of carbonyl (C=O) groups excluding carboxylic acids is 1. The maximum Gasteiger partial charge on any atom is 0.339 e. The number of aromatic nitrogens is 1. The first kappa shape index (κ1) is 12.3. The fourth-order valence-electron chi connectivity index (χ4n) is 1.45. The second-order valence-corrected chi connectivity index (χ2v) is 3.66. The zero-order valence-corrected chi connectivity index (χ0v) is 9.46. The van der Waals surface area contributed by atoms with Crippen LogP contribution in [0.2, 0.25) is 0 Å². The molecule has 0 aliphatic rings. The molecular formula is C11H16N2O3. The van der Waals surface area contributed by atoms with Crippen molar-refractivity contribution in [1.82, 2.24) is 4.98 Å². The molecule has 0 aromatic carbocycles. The maximum atomic E-state index is 11.4. The third-order valence-corrected chi connectivity index (χ3v) is 2.32. The van der Waals surface area contributed by atoms with Crippen molar-refractivity contribution in [3.63, 3.8) is 0 Å². The van der Waals surface area contributed by atoms with Gasteiger partial charge in [-0.3, -0.25) is 4.79 Å². The summed E-state index contributed by atoms with van der Waals surface area (Å²) >= 11 is 0. The van der Waals surface area contributed by atoms with Crippen molar-refractivity contribution in [1.29, 1.82) is 0 Å². The first-order valence-corrected chi connectivity index (χ1v) is 5.27. The van der Waals surface area contributed by atoms with E-state index < -0.39 is 5.97 Å². The Bertz CT molecular complexity index is 396. The molecule has 1 aromatic heterocycles. The number of nitrogens with one attached hydrogen (secondary N) is 2. The lowest BCUT2D eigenvalue weighted by Crippen LogP contribution is -2.13. The number of aromatic amines is 1. The van der Waals surface area contributed by atoms with Crippen LogP contribution in [0.15, 0.2) is 6.20 Å². The molecule has 5 nitrogen and oxygen atoms in total. The van der Waals surface area contributed by atoms with Gasteiger partial charge in [-0.2, -0.15) is 0 Å². The average molecular weight is 224 g/mol. The molecule has 1 aromatic rings. The summed E-state index contributed by atoms with van der Waals surface area (Å²) in [5.41, 5.74) is 1.01. The molecule has 0 saturated heterocycles. The molecular weight excluding hydrogens is 208 g/mol. The van der Waals surface area contributed by atoms with Crippen LogP contribution in [0, 0.1) is 6.92 Å². The van der Waals surface area contributed by atoms with Crippen molar-refractivity contribution in [3.05, 3.63) is 17.5 Å². The Morgan fingerprint density at radius 2 is 2.19 bits per heavy atom. The van der Waals surface area contributed by atoms with E-state index >= 15 is 0 Å². The molecule has 16 heavy (non-hydrogen) atoms. The van der Waals surface area contributed by atoms with Crippen LogP contribution in [0.1, 0.15) is 42.2 Å². The highest BCUT2D eigenvalue weighted by Crippen LogP contribution is 2.19. The van der Waals surface area contributed by atoms with Crippen molar-refractivity contribution in [2.24, 2.45) is 0 Å². The van der Waals surface area contributed by atoms with E-state index in [1.807, 2.05) is 6.92 Å². The number of hydrogen-bond acceptors (Lipinski definition) is 2. The summed E-state index contributed by atoms with van der Waals surface area (Å²) in [7, 11) is 0. The SMILES string of the molecule is CCCCC(=O)Nc1c[nH]c(C)c1C(=O)O. The highest BCUT2D eigenvalue weighted by atomic mass is 16.4. The summed E-state index contributed by atoms with van der Waals surface area (Å²) in [6.45, 7) is 3.65. The Morgan fingerprint density at radius 1 is 1.50 bits per heavy atom. The van der Waals surface area contributed by atoms with Crippen molar-refractivity contribution < 1.29 is 14.7 Å². The molecule has 3 N–H and O–H groups in total. The zero-order chi connectivity index (χ0) is 12.1. The van der Waals surface area contributed by atoms with Gasteiger partial charge in [-0.05, 0) is 13.3 Å². The van der Waals surface area contributed by atoms with Gasteiger partial charge < -0.3 is 15.4 Å². The average Bonchev–Trinajstić information content (AvgIpc) is 2.56. The van der Waals surface area contributed by atoms with Gasteiger partial charge in [0.25, 0.3) is 0 Å². The Morgan fingerprint density at radius 3 is 2.75 bits per heavy atom. The smallest absolute Gasteiger partial charge is 0.339 e. The molecule has 1 rings (SSSR count). The molecule has 0 saturated carbocycles. The number of unbranched alkanes of at least 4 members (excludes halogenated alkanes) is 1. The number of aryl methyl sites for hydroxylation is 1.